The molecule has 14 heteroatoms. The van der Waals surface area contributed by atoms with Gasteiger partial charge in [0.05, 0.1) is 12.1 Å². The molecule has 2 atom stereocenters. The van der Waals surface area contributed by atoms with Crippen LogP contribution >= 0.6 is 11.6 Å². The third-order valence-corrected chi connectivity index (χ3v) is 7.49. The highest BCUT2D eigenvalue weighted by molar-refractivity contribution is 6.31. The van der Waals surface area contributed by atoms with Gasteiger partial charge in [-0.2, -0.15) is 0 Å². The van der Waals surface area contributed by atoms with Gasteiger partial charge >= 0.3 is 18.0 Å². The Morgan fingerprint density at radius 1 is 0.978 bits per heavy atom. The van der Waals surface area contributed by atoms with Crippen LogP contribution < -0.4 is 10.1 Å². The lowest BCUT2D eigenvalue weighted by molar-refractivity contribution is -0.152. The van der Waals surface area contributed by atoms with Crippen molar-refractivity contribution in [3.8, 4) is 5.75 Å². The number of aryl methyl sites for hydroxylation is 1. The second-order valence-corrected chi connectivity index (χ2v) is 10.8. The second-order valence-electron chi connectivity index (χ2n) is 10.3. The van der Waals surface area contributed by atoms with Crippen molar-refractivity contribution in [1.82, 2.24) is 20.1 Å². The average molecular weight is 641 g/mol. The molecule has 45 heavy (non-hydrogen) atoms. The van der Waals surface area contributed by atoms with Crippen LogP contribution in [0.4, 0.5) is 4.79 Å². The van der Waals surface area contributed by atoms with Gasteiger partial charge in [-0.3, -0.25) is 14.4 Å². The molecule has 3 N–H and O–H groups in total. The van der Waals surface area contributed by atoms with E-state index >= 15 is 0 Å². The highest BCUT2D eigenvalue weighted by Crippen LogP contribution is 2.34. The number of amides is 3. The van der Waals surface area contributed by atoms with Crippen LogP contribution in [-0.2, 0) is 19.1 Å². The summed E-state index contributed by atoms with van der Waals surface area (Å²) in [6, 6.07) is 12.8. The van der Waals surface area contributed by atoms with Crippen LogP contribution in [0.1, 0.15) is 41.1 Å². The zero-order valence-corrected chi connectivity index (χ0v) is 25.5. The first-order valence-electron chi connectivity index (χ1n) is 14.3. The quantitative estimate of drug-likeness (QED) is 0.263. The number of carboxylic acid groups (broad SMARTS) is 2. The number of benzene rings is 2. The Labute approximate surface area is 263 Å². The van der Waals surface area contributed by atoms with E-state index in [4.69, 9.17) is 21.1 Å². The van der Waals surface area contributed by atoms with Crippen molar-refractivity contribution in [1.29, 1.82) is 0 Å². The minimum Gasteiger partial charge on any atom is -0.481 e. The molecular formula is C31H33ClN4O9. The molecule has 1 aliphatic heterocycles. The van der Waals surface area contributed by atoms with Crippen LogP contribution in [0.25, 0.3) is 10.9 Å². The van der Waals surface area contributed by atoms with E-state index in [-0.39, 0.29) is 57.2 Å². The van der Waals surface area contributed by atoms with E-state index in [1.54, 1.807) is 56.3 Å². The molecule has 0 aliphatic carbocycles. The van der Waals surface area contributed by atoms with E-state index in [1.165, 1.54) is 15.9 Å². The number of nitrogens with one attached hydrogen (secondary N) is 1. The molecule has 4 rings (SSSR count). The molecule has 0 spiro atoms. The number of pyridine rings is 1. The lowest BCUT2D eigenvalue weighted by Gasteiger charge is -2.35. The molecule has 2 aromatic carbocycles. The molecule has 0 bridgehead atoms. The molecule has 2 heterocycles. The first kappa shape index (κ1) is 33.0. The molecule has 238 valence electrons. The molecule has 0 saturated carbocycles. The maximum atomic E-state index is 13.2. The fourth-order valence-electron chi connectivity index (χ4n) is 4.97. The van der Waals surface area contributed by atoms with E-state index in [9.17, 15) is 34.2 Å². The van der Waals surface area contributed by atoms with Gasteiger partial charge in [0.2, 0.25) is 12.0 Å². The standard InChI is InChI=1S/C31H33ClN4O9/c1-3-44-31(43)36-13-11-35(12-14-36)28(38)21(29(39)40)9-10-33-27(37)23-17-24(22-16-20(32)15-18(2)25(22)34-23)45-26(30(41)42)19-7-5-4-6-8-19/h4-8,15-17,21,26H,3,9-14H2,1-2H3,(H,33,37)(H,39,40)(H,41,42). The summed E-state index contributed by atoms with van der Waals surface area (Å²) < 4.78 is 10.9. The number of carbonyl (C=O) groups excluding carboxylic acids is 3. The average Bonchev–Trinajstić information content (AvgIpc) is 3.01. The zero-order valence-electron chi connectivity index (χ0n) is 24.7. The summed E-state index contributed by atoms with van der Waals surface area (Å²) in [4.78, 5) is 69.6. The van der Waals surface area contributed by atoms with Crippen molar-refractivity contribution in [3.63, 3.8) is 0 Å². The minimum atomic E-state index is -1.42. The number of nitrogens with zero attached hydrogens (tertiary/aromatic N) is 3. The molecule has 1 saturated heterocycles. The van der Waals surface area contributed by atoms with E-state index < -0.39 is 41.9 Å². The highest BCUT2D eigenvalue weighted by atomic mass is 35.5. The molecular weight excluding hydrogens is 608 g/mol. The monoisotopic (exact) mass is 640 g/mol. The Morgan fingerprint density at radius 2 is 1.64 bits per heavy atom. The minimum absolute atomic E-state index is 0.0626. The van der Waals surface area contributed by atoms with Crippen LogP contribution in [0.3, 0.4) is 0 Å². The summed E-state index contributed by atoms with van der Waals surface area (Å²) in [5, 5.41) is 23.0. The Hall–Kier alpha value is -4.91. The summed E-state index contributed by atoms with van der Waals surface area (Å²) in [5.41, 5.74) is 1.25. The van der Waals surface area contributed by atoms with Gasteiger partial charge in [-0.15, -0.1) is 0 Å². The predicted molar refractivity (Wildman–Crippen MR) is 162 cm³/mol. The first-order valence-corrected chi connectivity index (χ1v) is 14.6. The summed E-state index contributed by atoms with van der Waals surface area (Å²) in [5.74, 6) is -5.24. The largest absolute Gasteiger partial charge is 0.481 e. The van der Waals surface area contributed by atoms with Gasteiger partial charge in [0.1, 0.15) is 17.4 Å². The molecule has 13 nitrogen and oxygen atoms in total. The summed E-state index contributed by atoms with van der Waals surface area (Å²) >= 11 is 6.27. The lowest BCUT2D eigenvalue weighted by atomic mass is 10.0. The number of ether oxygens (including phenoxy) is 2. The number of carboxylic acids is 2. The number of halogens is 1. The zero-order chi connectivity index (χ0) is 32.7. The van der Waals surface area contributed by atoms with Crippen molar-refractivity contribution in [3.05, 3.63) is 70.4 Å². The van der Waals surface area contributed by atoms with Crippen LogP contribution in [0.5, 0.6) is 5.75 Å². The Balaban J connectivity index is 1.49. The predicted octanol–water partition coefficient (Wildman–Crippen LogP) is 3.52. The molecule has 1 aliphatic rings. The van der Waals surface area contributed by atoms with Crippen molar-refractivity contribution < 1.29 is 43.7 Å². The first-order chi connectivity index (χ1) is 21.5. The summed E-state index contributed by atoms with van der Waals surface area (Å²) in [6.45, 7) is 4.21. The van der Waals surface area contributed by atoms with Crippen LogP contribution in [0.15, 0.2) is 48.5 Å². The molecule has 1 fully saturated rings. The lowest BCUT2D eigenvalue weighted by Crippen LogP contribution is -2.53. The number of aliphatic carboxylic acids is 2. The van der Waals surface area contributed by atoms with Gasteiger partial charge in [0.15, 0.2) is 0 Å². The molecule has 0 radical (unpaired) electrons. The highest BCUT2D eigenvalue weighted by Gasteiger charge is 2.33. The second kappa shape index (κ2) is 14.7. The molecule has 3 amide bonds. The van der Waals surface area contributed by atoms with Crippen LogP contribution in [0.2, 0.25) is 5.02 Å². The van der Waals surface area contributed by atoms with E-state index in [0.29, 0.717) is 27.1 Å². The van der Waals surface area contributed by atoms with Gasteiger partial charge in [0.25, 0.3) is 5.91 Å². The topological polar surface area (TPSA) is 176 Å². The van der Waals surface area contributed by atoms with Gasteiger partial charge in [-0.1, -0.05) is 41.9 Å². The number of rotatable bonds is 11. The third kappa shape index (κ3) is 7.98. The Morgan fingerprint density at radius 3 is 2.27 bits per heavy atom. The van der Waals surface area contributed by atoms with Gasteiger partial charge in [-0.05, 0) is 38.0 Å². The number of hydrogen-bond acceptors (Lipinski definition) is 8. The van der Waals surface area contributed by atoms with E-state index in [0.717, 1.165) is 0 Å². The van der Waals surface area contributed by atoms with Crippen LogP contribution in [-0.4, -0.2) is 94.2 Å². The van der Waals surface area contributed by atoms with Crippen molar-refractivity contribution in [2.75, 3.05) is 39.3 Å². The normalized spacial score (nSPS) is 14.4. The Kier molecular flexibility index (Phi) is 10.8. The molecule has 1 aromatic heterocycles. The number of hydrogen-bond donors (Lipinski definition) is 3. The van der Waals surface area contributed by atoms with Crippen LogP contribution in [0, 0.1) is 12.8 Å². The van der Waals surface area contributed by atoms with E-state index in [1.807, 2.05) is 0 Å². The van der Waals surface area contributed by atoms with Gasteiger partial charge < -0.3 is 34.8 Å². The fourth-order valence-corrected chi connectivity index (χ4v) is 5.25. The van der Waals surface area contributed by atoms with Crippen molar-refractivity contribution in [2.24, 2.45) is 5.92 Å². The van der Waals surface area contributed by atoms with Crippen molar-refractivity contribution >= 4 is 52.4 Å². The fraction of sp³-hybridized carbons (Fsp3) is 0.355. The maximum Gasteiger partial charge on any atom is 0.409 e. The summed E-state index contributed by atoms with van der Waals surface area (Å²) in [6.07, 6.45) is -2.08. The van der Waals surface area contributed by atoms with Gasteiger partial charge in [-0.25, -0.2) is 14.6 Å². The smallest absolute Gasteiger partial charge is 0.409 e. The Bertz CT molecular complexity index is 1590. The number of aromatic nitrogens is 1. The third-order valence-electron chi connectivity index (χ3n) is 7.27. The SMILES string of the molecule is CCOC(=O)N1CCN(C(=O)C(CCNC(=O)c2cc(OC(C(=O)O)c3ccccc3)c3cc(Cl)cc(C)c3n2)C(=O)O)CC1. The number of carbonyl (C=O) groups is 5. The number of piperazine rings is 1. The van der Waals surface area contributed by atoms with Crippen molar-refractivity contribution in [2.45, 2.75) is 26.4 Å². The van der Waals surface area contributed by atoms with Gasteiger partial charge in [0, 0.05) is 54.8 Å². The maximum absolute atomic E-state index is 13.2. The van der Waals surface area contributed by atoms with E-state index in [2.05, 4.69) is 10.3 Å². The summed E-state index contributed by atoms with van der Waals surface area (Å²) in [7, 11) is 0. The molecule has 2 unspecified atom stereocenters. The molecule has 3 aromatic rings. The number of fused-ring (bicyclic) bond motifs is 1.